The summed E-state index contributed by atoms with van der Waals surface area (Å²) in [5, 5.41) is 28.6. The van der Waals surface area contributed by atoms with Crippen molar-refractivity contribution >= 4 is 11.3 Å². The van der Waals surface area contributed by atoms with Gasteiger partial charge in [-0.05, 0) is 17.0 Å². The van der Waals surface area contributed by atoms with Crippen molar-refractivity contribution in [1.82, 2.24) is 0 Å². The largest absolute Gasteiger partial charge is 0.385 e. The number of nitriles is 1. The predicted molar refractivity (Wildman–Crippen MR) is 51.6 cm³/mol. The van der Waals surface area contributed by atoms with E-state index < -0.39 is 12.2 Å². The highest BCUT2D eigenvalue weighted by Gasteiger charge is 2.18. The monoisotopic (exact) mass is 213 g/mol. The maximum atomic E-state index is 9.46. The van der Waals surface area contributed by atoms with Gasteiger partial charge in [-0.25, -0.2) is 0 Å². The molecular weight excluding hydrogens is 202 g/mol. The molecule has 2 atom stereocenters. The van der Waals surface area contributed by atoms with Crippen LogP contribution in [0.15, 0.2) is 11.4 Å². The van der Waals surface area contributed by atoms with Gasteiger partial charge in [-0.2, -0.15) is 5.26 Å². The number of aliphatic hydroxyl groups excluding tert-OH is 2. The summed E-state index contributed by atoms with van der Waals surface area (Å²) in [6.07, 6.45) is -2.51. The molecule has 5 heteroatoms. The Morgan fingerprint density at radius 1 is 1.64 bits per heavy atom. The number of aliphatic hydroxyl groups is 2. The average molecular weight is 213 g/mol. The zero-order chi connectivity index (χ0) is 10.6. The summed E-state index contributed by atoms with van der Waals surface area (Å²) in [4.78, 5) is 0.951. The molecule has 1 aromatic heterocycles. The Hall–Kier alpha value is -0.930. The summed E-state index contributed by atoms with van der Waals surface area (Å²) in [6.45, 7) is 0.472. The Balaban J connectivity index is 2.72. The van der Waals surface area contributed by atoms with Crippen LogP contribution in [-0.4, -0.2) is 23.4 Å². The molecule has 0 amide bonds. The van der Waals surface area contributed by atoms with Crippen molar-refractivity contribution in [2.45, 2.75) is 18.8 Å². The van der Waals surface area contributed by atoms with Gasteiger partial charge in [0.05, 0.1) is 12.7 Å². The van der Waals surface area contributed by atoms with Gasteiger partial charge in [0, 0.05) is 12.0 Å². The quantitative estimate of drug-likeness (QED) is 0.726. The number of hydrogen-bond donors (Lipinski definition) is 2. The lowest BCUT2D eigenvalue weighted by atomic mass is 10.1. The third kappa shape index (κ3) is 2.53. The summed E-state index contributed by atoms with van der Waals surface area (Å²) in [5.74, 6) is 0. The van der Waals surface area contributed by atoms with Gasteiger partial charge in [-0.1, -0.05) is 0 Å². The minimum atomic E-state index is -1.38. The Morgan fingerprint density at radius 3 is 2.93 bits per heavy atom. The van der Waals surface area contributed by atoms with Gasteiger partial charge in [0.1, 0.15) is 6.10 Å². The molecule has 4 nitrogen and oxygen atoms in total. The molecule has 0 aliphatic rings. The fourth-order valence-electron chi connectivity index (χ4n) is 1.02. The third-order valence-corrected chi connectivity index (χ3v) is 2.66. The van der Waals surface area contributed by atoms with Crippen molar-refractivity contribution in [2.24, 2.45) is 0 Å². The number of nitrogens with zero attached hydrogens (tertiary/aromatic N) is 1. The first-order valence-corrected chi connectivity index (χ1v) is 4.89. The van der Waals surface area contributed by atoms with E-state index in [0.717, 1.165) is 4.88 Å². The van der Waals surface area contributed by atoms with E-state index in [0.29, 0.717) is 12.2 Å². The molecule has 0 aliphatic heterocycles. The first kappa shape index (κ1) is 11.1. The molecule has 0 fully saturated rings. The van der Waals surface area contributed by atoms with E-state index in [1.165, 1.54) is 11.3 Å². The molecule has 0 saturated heterocycles. The van der Waals surface area contributed by atoms with Crippen molar-refractivity contribution < 1.29 is 14.9 Å². The van der Waals surface area contributed by atoms with Crippen LogP contribution >= 0.6 is 11.3 Å². The summed E-state index contributed by atoms with van der Waals surface area (Å²) in [6, 6.07) is 3.30. The van der Waals surface area contributed by atoms with Crippen LogP contribution in [0.4, 0.5) is 0 Å². The molecule has 1 heterocycles. The molecule has 1 aromatic rings. The molecule has 2 unspecified atom stereocenters. The first-order valence-electron chi connectivity index (χ1n) is 4.01. The third-order valence-electron chi connectivity index (χ3n) is 1.73. The SMILES string of the molecule is COCc1cc(C(O)C(O)C#N)cs1. The smallest absolute Gasteiger partial charge is 0.170 e. The second kappa shape index (κ2) is 5.08. The van der Waals surface area contributed by atoms with Gasteiger partial charge in [0.2, 0.25) is 0 Å². The standard InChI is InChI=1S/C9H11NO3S/c1-13-4-7-2-6(5-14-7)9(12)8(11)3-10/h2,5,8-9,11-12H,4H2,1H3. The van der Waals surface area contributed by atoms with E-state index in [2.05, 4.69) is 0 Å². The van der Waals surface area contributed by atoms with Crippen molar-refractivity contribution in [3.63, 3.8) is 0 Å². The van der Waals surface area contributed by atoms with E-state index in [9.17, 15) is 5.11 Å². The molecule has 2 N–H and O–H groups in total. The Labute approximate surface area is 86.0 Å². The summed E-state index contributed by atoms with van der Waals surface area (Å²) < 4.78 is 4.91. The molecular formula is C9H11NO3S. The van der Waals surface area contributed by atoms with Crippen LogP contribution in [0.1, 0.15) is 16.5 Å². The number of rotatable bonds is 4. The van der Waals surface area contributed by atoms with Gasteiger partial charge in [0.25, 0.3) is 0 Å². The van der Waals surface area contributed by atoms with Gasteiger partial charge >= 0.3 is 0 Å². The number of ether oxygens (including phenoxy) is 1. The maximum Gasteiger partial charge on any atom is 0.170 e. The van der Waals surface area contributed by atoms with Crippen LogP contribution < -0.4 is 0 Å². The lowest BCUT2D eigenvalue weighted by molar-refractivity contribution is 0.0530. The van der Waals surface area contributed by atoms with Crippen LogP contribution in [0.5, 0.6) is 0 Å². The van der Waals surface area contributed by atoms with Crippen LogP contribution in [-0.2, 0) is 11.3 Å². The Morgan fingerprint density at radius 2 is 2.36 bits per heavy atom. The zero-order valence-electron chi connectivity index (χ0n) is 7.67. The molecule has 76 valence electrons. The second-order valence-corrected chi connectivity index (χ2v) is 3.79. The van der Waals surface area contributed by atoms with Crippen LogP contribution in [0.25, 0.3) is 0 Å². The van der Waals surface area contributed by atoms with E-state index in [1.807, 2.05) is 0 Å². The minimum absolute atomic E-state index is 0.472. The summed E-state index contributed by atoms with van der Waals surface area (Å²) in [5.41, 5.74) is 0.552. The van der Waals surface area contributed by atoms with E-state index >= 15 is 0 Å². The van der Waals surface area contributed by atoms with Crippen LogP contribution in [0.2, 0.25) is 0 Å². The second-order valence-electron chi connectivity index (χ2n) is 2.80. The number of methoxy groups -OCH3 is 1. The fraction of sp³-hybridized carbons (Fsp3) is 0.444. The van der Waals surface area contributed by atoms with E-state index in [4.69, 9.17) is 15.1 Å². The lowest BCUT2D eigenvalue weighted by Gasteiger charge is -2.08. The molecule has 14 heavy (non-hydrogen) atoms. The first-order chi connectivity index (χ1) is 6.69. The summed E-state index contributed by atoms with van der Waals surface area (Å²) >= 11 is 1.42. The normalized spacial score (nSPS) is 14.7. The van der Waals surface area contributed by atoms with Crippen molar-refractivity contribution in [2.75, 3.05) is 7.11 Å². The van der Waals surface area contributed by atoms with Crippen LogP contribution in [0.3, 0.4) is 0 Å². The van der Waals surface area contributed by atoms with Gasteiger partial charge in [-0.15, -0.1) is 11.3 Å². The van der Waals surface area contributed by atoms with E-state index in [1.54, 1.807) is 24.6 Å². The van der Waals surface area contributed by atoms with Gasteiger partial charge in [-0.3, -0.25) is 0 Å². The molecule has 0 aromatic carbocycles. The maximum absolute atomic E-state index is 9.46. The Bertz CT molecular complexity index is 331. The highest BCUT2D eigenvalue weighted by Crippen LogP contribution is 2.23. The molecule has 0 spiro atoms. The highest BCUT2D eigenvalue weighted by molar-refractivity contribution is 7.10. The van der Waals surface area contributed by atoms with Crippen molar-refractivity contribution in [3.05, 3.63) is 21.9 Å². The van der Waals surface area contributed by atoms with Crippen molar-refractivity contribution in [1.29, 1.82) is 5.26 Å². The average Bonchev–Trinajstić information content (AvgIpc) is 2.64. The number of thiophene rings is 1. The molecule has 0 radical (unpaired) electrons. The van der Waals surface area contributed by atoms with E-state index in [-0.39, 0.29) is 0 Å². The molecule has 0 saturated carbocycles. The zero-order valence-corrected chi connectivity index (χ0v) is 8.49. The Kier molecular flexibility index (Phi) is 4.04. The van der Waals surface area contributed by atoms with Gasteiger partial charge in [0.15, 0.2) is 6.10 Å². The topological polar surface area (TPSA) is 73.5 Å². The highest BCUT2D eigenvalue weighted by atomic mass is 32.1. The lowest BCUT2D eigenvalue weighted by Crippen LogP contribution is -2.14. The van der Waals surface area contributed by atoms with Gasteiger partial charge < -0.3 is 14.9 Å². The fourth-order valence-corrected chi connectivity index (χ4v) is 1.91. The van der Waals surface area contributed by atoms with Crippen molar-refractivity contribution in [3.8, 4) is 6.07 Å². The molecule has 0 bridgehead atoms. The molecule has 1 rings (SSSR count). The minimum Gasteiger partial charge on any atom is -0.385 e. The van der Waals surface area contributed by atoms with Crippen LogP contribution in [0, 0.1) is 11.3 Å². The predicted octanol–water partition coefficient (Wildman–Crippen LogP) is 0.812. The molecule has 0 aliphatic carbocycles. The number of hydrogen-bond acceptors (Lipinski definition) is 5. The summed E-state index contributed by atoms with van der Waals surface area (Å²) in [7, 11) is 1.58.